The molecule has 1 aliphatic carbocycles. The topological polar surface area (TPSA) is 9.72 Å². The molecule has 3 nitrogen and oxygen atoms in total. The molecule has 0 saturated heterocycles. The molecule has 52 heavy (non-hydrogen) atoms. The molecular formula is C48H40BN3. The van der Waals surface area contributed by atoms with Crippen molar-refractivity contribution in [1.82, 2.24) is 0 Å². The largest absolute Gasteiger partial charge is 0.335 e. The van der Waals surface area contributed by atoms with Crippen LogP contribution in [-0.2, 0) is 5.41 Å². The summed E-state index contributed by atoms with van der Waals surface area (Å²) in [5.41, 5.74) is 15.9. The van der Waals surface area contributed by atoms with Gasteiger partial charge >= 0.3 is 0 Å². The monoisotopic (exact) mass is 669 g/mol. The van der Waals surface area contributed by atoms with Crippen LogP contribution in [-0.4, -0.2) is 12.3 Å². The van der Waals surface area contributed by atoms with Gasteiger partial charge in [0.2, 0.25) is 0 Å². The lowest BCUT2D eigenvalue weighted by molar-refractivity contribution is 0.195. The zero-order chi connectivity index (χ0) is 34.6. The van der Waals surface area contributed by atoms with Gasteiger partial charge in [-0.25, -0.2) is 0 Å². The van der Waals surface area contributed by atoms with Crippen molar-refractivity contribution >= 4 is 79.4 Å². The number of hydrogen-bond donors (Lipinski definition) is 0. The summed E-state index contributed by atoms with van der Waals surface area (Å²) in [6, 6.07) is 58.8. The number of benzene rings is 7. The van der Waals surface area contributed by atoms with Crippen molar-refractivity contribution in [2.75, 3.05) is 14.7 Å². The van der Waals surface area contributed by atoms with Crippen LogP contribution in [0.2, 0.25) is 0 Å². The van der Waals surface area contributed by atoms with Crippen molar-refractivity contribution in [2.45, 2.75) is 50.5 Å². The molecule has 2 unspecified atom stereocenters. The van der Waals surface area contributed by atoms with Crippen LogP contribution in [0.1, 0.15) is 45.1 Å². The number of anilines is 8. The fraction of sp³-hybridized carbons (Fsp3) is 0.167. The van der Waals surface area contributed by atoms with Crippen LogP contribution in [0.15, 0.2) is 158 Å². The van der Waals surface area contributed by atoms with Crippen LogP contribution >= 0.6 is 0 Å². The predicted molar refractivity (Wildman–Crippen MR) is 221 cm³/mol. The van der Waals surface area contributed by atoms with Gasteiger partial charge < -0.3 is 14.7 Å². The molecule has 7 aromatic rings. The minimum absolute atomic E-state index is 0.0279. The molecule has 1 saturated carbocycles. The van der Waals surface area contributed by atoms with Crippen LogP contribution in [0.5, 0.6) is 0 Å². The van der Waals surface area contributed by atoms with Crippen LogP contribution in [0, 0.1) is 0 Å². The minimum Gasteiger partial charge on any atom is -0.335 e. The molecule has 7 aromatic carbocycles. The first-order valence-electron chi connectivity index (χ1n) is 19.0. The molecule has 0 bridgehead atoms. The van der Waals surface area contributed by atoms with Gasteiger partial charge in [0.25, 0.3) is 6.71 Å². The predicted octanol–water partition coefficient (Wildman–Crippen LogP) is 10.7. The van der Waals surface area contributed by atoms with Crippen molar-refractivity contribution in [2.24, 2.45) is 0 Å². The first-order valence-corrected chi connectivity index (χ1v) is 19.0. The first-order chi connectivity index (χ1) is 25.6. The molecule has 4 heteroatoms. The van der Waals surface area contributed by atoms with Crippen LogP contribution in [0.25, 0.3) is 10.8 Å². The Bertz CT molecular complexity index is 2540. The Labute approximate surface area is 306 Å². The normalized spacial score (nSPS) is 20.6. The fourth-order valence-electron chi connectivity index (χ4n) is 10.6. The summed E-state index contributed by atoms with van der Waals surface area (Å²) in [5, 5.41) is 2.47. The smallest absolute Gasteiger partial charge is 0.252 e. The third kappa shape index (κ3) is 3.87. The van der Waals surface area contributed by atoms with E-state index in [-0.39, 0.29) is 17.7 Å². The third-order valence-corrected chi connectivity index (χ3v) is 13.2. The van der Waals surface area contributed by atoms with E-state index in [0.717, 1.165) is 11.4 Å². The minimum atomic E-state index is 0.0279. The first kappa shape index (κ1) is 29.9. The molecule has 0 aromatic heterocycles. The van der Waals surface area contributed by atoms with E-state index in [1.54, 1.807) is 0 Å². The zero-order valence-corrected chi connectivity index (χ0v) is 29.8. The maximum absolute atomic E-state index is 2.80. The molecule has 0 radical (unpaired) electrons. The summed E-state index contributed by atoms with van der Waals surface area (Å²) in [5.74, 6) is 0. The van der Waals surface area contributed by atoms with Crippen LogP contribution in [0.4, 0.5) is 45.5 Å². The lowest BCUT2D eigenvalue weighted by Crippen LogP contribution is -2.64. The second-order valence-corrected chi connectivity index (χ2v) is 15.6. The van der Waals surface area contributed by atoms with Gasteiger partial charge in [0.05, 0.1) is 11.2 Å². The Kier molecular flexibility index (Phi) is 6.27. The Hall–Kier alpha value is -5.74. The summed E-state index contributed by atoms with van der Waals surface area (Å²) in [6.45, 7) is 5.25. The summed E-state index contributed by atoms with van der Waals surface area (Å²) >= 11 is 0. The highest BCUT2D eigenvalue weighted by atomic mass is 15.3. The molecule has 3 aliphatic heterocycles. The van der Waals surface area contributed by atoms with Gasteiger partial charge in [0, 0.05) is 50.6 Å². The lowest BCUT2D eigenvalue weighted by Gasteiger charge is -2.52. The Morgan fingerprint density at radius 1 is 0.577 bits per heavy atom. The number of fused-ring (bicyclic) bond motifs is 8. The average Bonchev–Trinajstić information content (AvgIpc) is 3.41. The SMILES string of the molecule is CC12CCCCC1(C)N1c3cccc4c3B(c3ccc(N(c5ccccc5)c5cccc6ccccc56)cc3N4c3ccccc3)c3cccc2c31. The van der Waals surface area contributed by atoms with E-state index in [1.165, 1.54) is 92.5 Å². The fourth-order valence-corrected chi connectivity index (χ4v) is 10.6. The van der Waals surface area contributed by atoms with E-state index in [2.05, 4.69) is 186 Å². The van der Waals surface area contributed by atoms with Crippen LogP contribution < -0.4 is 31.1 Å². The molecule has 0 N–H and O–H groups in total. The van der Waals surface area contributed by atoms with Gasteiger partial charge in [-0.3, -0.25) is 0 Å². The van der Waals surface area contributed by atoms with E-state index in [4.69, 9.17) is 0 Å². The third-order valence-electron chi connectivity index (χ3n) is 13.2. The summed E-state index contributed by atoms with van der Waals surface area (Å²) in [6.07, 6.45) is 5.01. The summed E-state index contributed by atoms with van der Waals surface area (Å²) in [4.78, 5) is 7.77. The van der Waals surface area contributed by atoms with Gasteiger partial charge in [-0.1, -0.05) is 123 Å². The molecule has 4 aliphatic rings. The Morgan fingerprint density at radius 2 is 1.29 bits per heavy atom. The average molecular weight is 670 g/mol. The quantitative estimate of drug-likeness (QED) is 0.173. The highest BCUT2D eigenvalue weighted by Gasteiger charge is 2.61. The molecule has 0 amide bonds. The van der Waals surface area contributed by atoms with Crippen molar-refractivity contribution in [1.29, 1.82) is 0 Å². The Balaban J connectivity index is 1.19. The molecule has 0 spiro atoms. The van der Waals surface area contributed by atoms with Gasteiger partial charge in [0.1, 0.15) is 0 Å². The second kappa shape index (κ2) is 10.9. The van der Waals surface area contributed by atoms with Gasteiger partial charge in [-0.15, -0.1) is 0 Å². The molecular weight excluding hydrogens is 629 g/mol. The number of rotatable bonds is 4. The van der Waals surface area contributed by atoms with E-state index in [1.807, 2.05) is 0 Å². The molecule has 11 rings (SSSR count). The van der Waals surface area contributed by atoms with E-state index < -0.39 is 0 Å². The highest BCUT2D eigenvalue weighted by Crippen LogP contribution is 2.61. The second-order valence-electron chi connectivity index (χ2n) is 15.6. The van der Waals surface area contributed by atoms with E-state index >= 15 is 0 Å². The van der Waals surface area contributed by atoms with E-state index in [9.17, 15) is 0 Å². The number of para-hydroxylation sites is 3. The maximum Gasteiger partial charge on any atom is 0.252 e. The van der Waals surface area contributed by atoms with Crippen molar-refractivity contribution in [3.8, 4) is 0 Å². The standard InChI is InChI=1S/C48H40BN3/c1-47-30-11-12-31-48(47,2)52-43-27-15-26-42-45(43)49(40-24-14-23-38(47)46(40)52)39-29-28-36(32-44(39)51(42)35-20-7-4-8-21-35)50(34-18-5-3-6-19-34)41-25-13-17-33-16-9-10-22-37(33)41/h3-10,13-29,32H,11-12,30-31H2,1-2H3. The van der Waals surface area contributed by atoms with Crippen molar-refractivity contribution < 1.29 is 0 Å². The summed E-state index contributed by atoms with van der Waals surface area (Å²) in [7, 11) is 0. The highest BCUT2D eigenvalue weighted by molar-refractivity contribution is 7.00. The Morgan fingerprint density at radius 3 is 2.15 bits per heavy atom. The van der Waals surface area contributed by atoms with Gasteiger partial charge in [-0.05, 0) is 102 Å². The van der Waals surface area contributed by atoms with E-state index in [0.29, 0.717) is 0 Å². The van der Waals surface area contributed by atoms with Gasteiger partial charge in [-0.2, -0.15) is 0 Å². The summed E-state index contributed by atoms with van der Waals surface area (Å²) < 4.78 is 0. The maximum atomic E-state index is 2.80. The molecule has 2 atom stereocenters. The van der Waals surface area contributed by atoms with Crippen molar-refractivity contribution in [3.63, 3.8) is 0 Å². The number of nitrogens with zero attached hydrogens (tertiary/aromatic N) is 3. The molecule has 1 fully saturated rings. The van der Waals surface area contributed by atoms with Gasteiger partial charge in [0.15, 0.2) is 0 Å². The lowest BCUT2D eigenvalue weighted by atomic mass is 9.33. The molecule has 250 valence electrons. The molecule has 3 heterocycles. The van der Waals surface area contributed by atoms with Crippen molar-refractivity contribution in [3.05, 3.63) is 163 Å². The van der Waals surface area contributed by atoms with Crippen LogP contribution in [0.3, 0.4) is 0 Å². The number of hydrogen-bond acceptors (Lipinski definition) is 3. The zero-order valence-electron chi connectivity index (χ0n) is 29.8.